The van der Waals surface area contributed by atoms with E-state index in [9.17, 15) is 22.4 Å². The van der Waals surface area contributed by atoms with Crippen LogP contribution in [0.5, 0.6) is 0 Å². The SMILES string of the molecule is CCN(CC)S(=O)(=O)c1cc(C(=O)OC(C)C(=O)c2c[nH]c3ccccc23)ccc1F. The number of hydrogen-bond donors (Lipinski definition) is 1. The van der Waals surface area contributed by atoms with Gasteiger partial charge in [-0.05, 0) is 31.2 Å². The molecule has 0 fully saturated rings. The molecular weight excluding hydrogens is 423 g/mol. The highest BCUT2D eigenvalue weighted by Gasteiger charge is 2.28. The highest BCUT2D eigenvalue weighted by Crippen LogP contribution is 2.23. The summed E-state index contributed by atoms with van der Waals surface area (Å²) in [6.07, 6.45) is 0.420. The van der Waals surface area contributed by atoms with Crippen molar-refractivity contribution in [1.82, 2.24) is 9.29 Å². The van der Waals surface area contributed by atoms with Gasteiger partial charge in [-0.2, -0.15) is 4.31 Å². The average Bonchev–Trinajstić information content (AvgIpc) is 3.18. The second kappa shape index (κ2) is 8.99. The summed E-state index contributed by atoms with van der Waals surface area (Å²) < 4.78 is 46.0. The Hall–Kier alpha value is -3.04. The fourth-order valence-corrected chi connectivity index (χ4v) is 4.86. The van der Waals surface area contributed by atoms with Crippen molar-refractivity contribution in [2.24, 2.45) is 0 Å². The van der Waals surface area contributed by atoms with E-state index in [2.05, 4.69) is 4.98 Å². The van der Waals surface area contributed by atoms with Crippen molar-refractivity contribution in [3.8, 4) is 0 Å². The third kappa shape index (κ3) is 4.38. The van der Waals surface area contributed by atoms with Crippen LogP contribution in [0.4, 0.5) is 4.39 Å². The lowest BCUT2D eigenvalue weighted by atomic mass is 10.1. The fourth-order valence-electron chi connectivity index (χ4n) is 3.31. The van der Waals surface area contributed by atoms with E-state index in [0.717, 1.165) is 28.0 Å². The van der Waals surface area contributed by atoms with Crippen molar-refractivity contribution in [2.45, 2.75) is 31.8 Å². The van der Waals surface area contributed by atoms with Crippen LogP contribution >= 0.6 is 0 Å². The number of sulfonamides is 1. The molecule has 0 spiro atoms. The normalized spacial score (nSPS) is 12.8. The van der Waals surface area contributed by atoms with Crippen LogP contribution in [0, 0.1) is 5.82 Å². The molecule has 1 heterocycles. The number of nitrogens with one attached hydrogen (secondary N) is 1. The van der Waals surface area contributed by atoms with Gasteiger partial charge in [0.1, 0.15) is 10.7 Å². The first kappa shape index (κ1) is 22.6. The molecule has 164 valence electrons. The Morgan fingerprint density at radius 1 is 1.13 bits per heavy atom. The number of rotatable bonds is 8. The van der Waals surface area contributed by atoms with Crippen LogP contribution in [0.1, 0.15) is 41.5 Å². The molecule has 31 heavy (non-hydrogen) atoms. The standard InChI is InChI=1S/C22H23FN2O5S/c1-4-25(5-2)31(28,29)20-12-15(10-11-18(20)23)22(27)30-14(3)21(26)17-13-24-19-9-7-6-8-16(17)19/h6-14,24H,4-5H2,1-3H3. The zero-order chi connectivity index (χ0) is 22.8. The minimum absolute atomic E-state index is 0.156. The highest BCUT2D eigenvalue weighted by molar-refractivity contribution is 7.89. The number of carbonyl (C=O) groups excluding carboxylic acids is 2. The number of ether oxygens (including phenoxy) is 1. The van der Waals surface area contributed by atoms with Crippen molar-refractivity contribution < 1.29 is 27.1 Å². The van der Waals surface area contributed by atoms with E-state index in [4.69, 9.17) is 4.74 Å². The summed E-state index contributed by atoms with van der Waals surface area (Å²) in [5.41, 5.74) is 0.986. The summed E-state index contributed by atoms with van der Waals surface area (Å²) >= 11 is 0. The Labute approximate surface area is 179 Å². The zero-order valence-electron chi connectivity index (χ0n) is 17.4. The van der Waals surface area contributed by atoms with Gasteiger partial charge < -0.3 is 9.72 Å². The van der Waals surface area contributed by atoms with E-state index >= 15 is 0 Å². The van der Waals surface area contributed by atoms with Crippen molar-refractivity contribution in [3.63, 3.8) is 0 Å². The molecule has 0 bridgehead atoms. The molecule has 0 saturated carbocycles. The fraction of sp³-hybridized carbons (Fsp3) is 0.273. The predicted octanol–water partition coefficient (Wildman–Crippen LogP) is 3.77. The number of H-pyrrole nitrogens is 1. The van der Waals surface area contributed by atoms with Gasteiger partial charge in [0.2, 0.25) is 15.8 Å². The van der Waals surface area contributed by atoms with Gasteiger partial charge in [0.25, 0.3) is 0 Å². The molecule has 0 radical (unpaired) electrons. The first-order chi connectivity index (χ1) is 14.7. The maximum absolute atomic E-state index is 14.3. The first-order valence-electron chi connectivity index (χ1n) is 9.81. The van der Waals surface area contributed by atoms with Crippen molar-refractivity contribution in [2.75, 3.05) is 13.1 Å². The van der Waals surface area contributed by atoms with E-state index in [1.807, 2.05) is 12.1 Å². The first-order valence-corrected chi connectivity index (χ1v) is 11.3. The van der Waals surface area contributed by atoms with Gasteiger partial charge in [-0.3, -0.25) is 4.79 Å². The lowest BCUT2D eigenvalue weighted by Crippen LogP contribution is -2.31. The number of benzene rings is 2. The van der Waals surface area contributed by atoms with Gasteiger partial charge in [-0.15, -0.1) is 0 Å². The highest BCUT2D eigenvalue weighted by atomic mass is 32.2. The average molecular weight is 447 g/mol. The molecule has 1 atom stereocenters. The summed E-state index contributed by atoms with van der Waals surface area (Å²) in [4.78, 5) is 27.7. The van der Waals surface area contributed by atoms with E-state index in [1.165, 1.54) is 6.92 Å². The van der Waals surface area contributed by atoms with Crippen LogP contribution in [0.2, 0.25) is 0 Å². The molecule has 1 unspecified atom stereocenters. The smallest absolute Gasteiger partial charge is 0.338 e. The van der Waals surface area contributed by atoms with E-state index in [1.54, 1.807) is 32.2 Å². The number of hydrogen-bond acceptors (Lipinski definition) is 5. The topological polar surface area (TPSA) is 96.5 Å². The minimum atomic E-state index is -4.11. The summed E-state index contributed by atoms with van der Waals surface area (Å²) in [5, 5.41) is 0.699. The molecule has 0 saturated heterocycles. The largest absolute Gasteiger partial charge is 0.451 e. The van der Waals surface area contributed by atoms with Gasteiger partial charge in [0.05, 0.1) is 5.56 Å². The molecule has 0 aliphatic carbocycles. The van der Waals surface area contributed by atoms with E-state index < -0.39 is 38.6 Å². The monoisotopic (exact) mass is 446 g/mol. The lowest BCUT2D eigenvalue weighted by molar-refractivity contribution is 0.0319. The Morgan fingerprint density at radius 2 is 1.81 bits per heavy atom. The van der Waals surface area contributed by atoms with Gasteiger partial charge >= 0.3 is 5.97 Å². The quantitative estimate of drug-likeness (QED) is 0.420. The number of para-hydroxylation sites is 1. The Balaban J connectivity index is 1.84. The molecule has 1 N–H and O–H groups in total. The third-order valence-electron chi connectivity index (χ3n) is 5.00. The molecule has 2 aromatic carbocycles. The maximum Gasteiger partial charge on any atom is 0.338 e. The lowest BCUT2D eigenvalue weighted by Gasteiger charge is -2.19. The van der Waals surface area contributed by atoms with Crippen LogP contribution in [-0.4, -0.2) is 48.7 Å². The molecule has 0 aliphatic heterocycles. The summed E-state index contributed by atoms with van der Waals surface area (Å²) in [6, 6.07) is 10.2. The number of nitrogens with zero attached hydrogens (tertiary/aromatic N) is 1. The number of Topliss-reactive ketones (excluding diaryl/α,β-unsaturated/α-hetero) is 1. The van der Waals surface area contributed by atoms with Gasteiger partial charge in [-0.25, -0.2) is 17.6 Å². The number of aromatic nitrogens is 1. The number of aromatic amines is 1. The summed E-state index contributed by atoms with van der Waals surface area (Å²) in [6.45, 7) is 5.01. The van der Waals surface area contributed by atoms with Gasteiger partial charge in [0.15, 0.2) is 6.10 Å². The number of esters is 1. The van der Waals surface area contributed by atoms with Crippen molar-refractivity contribution in [3.05, 3.63) is 65.6 Å². The molecule has 1 aromatic heterocycles. The van der Waals surface area contributed by atoms with Gasteiger partial charge in [-0.1, -0.05) is 32.0 Å². The molecule has 0 aliphatic rings. The minimum Gasteiger partial charge on any atom is -0.451 e. The van der Waals surface area contributed by atoms with Crippen LogP contribution in [0.25, 0.3) is 10.9 Å². The molecule has 0 amide bonds. The molecule has 9 heteroatoms. The van der Waals surface area contributed by atoms with E-state index in [0.29, 0.717) is 10.9 Å². The van der Waals surface area contributed by atoms with Crippen molar-refractivity contribution >= 4 is 32.7 Å². The number of fused-ring (bicyclic) bond motifs is 1. The predicted molar refractivity (Wildman–Crippen MR) is 114 cm³/mol. The van der Waals surface area contributed by atoms with Gasteiger partial charge in [0, 0.05) is 35.8 Å². The second-order valence-electron chi connectivity index (χ2n) is 6.89. The maximum atomic E-state index is 14.3. The Bertz CT molecular complexity index is 1230. The van der Waals surface area contributed by atoms with Crippen molar-refractivity contribution in [1.29, 1.82) is 0 Å². The van der Waals surface area contributed by atoms with Crippen LogP contribution in [0.15, 0.2) is 53.6 Å². The Morgan fingerprint density at radius 3 is 2.48 bits per heavy atom. The Kier molecular flexibility index (Phi) is 6.56. The third-order valence-corrected chi connectivity index (χ3v) is 7.06. The molecular formula is C22H23FN2O5S. The van der Waals surface area contributed by atoms with E-state index in [-0.39, 0.29) is 18.7 Å². The number of halogens is 1. The molecule has 3 rings (SSSR count). The number of ketones is 1. The van der Waals surface area contributed by atoms with Crippen LogP contribution in [0.3, 0.4) is 0 Å². The van der Waals surface area contributed by atoms with Crippen LogP contribution < -0.4 is 0 Å². The second-order valence-corrected chi connectivity index (χ2v) is 8.80. The zero-order valence-corrected chi connectivity index (χ0v) is 18.2. The summed E-state index contributed by atoms with van der Waals surface area (Å²) in [5.74, 6) is -2.30. The number of carbonyl (C=O) groups is 2. The molecule has 3 aromatic rings. The van der Waals surface area contributed by atoms with Crippen LogP contribution in [-0.2, 0) is 14.8 Å². The summed E-state index contributed by atoms with van der Waals surface area (Å²) in [7, 11) is -4.11. The molecule has 7 nitrogen and oxygen atoms in total.